The van der Waals surface area contributed by atoms with E-state index in [4.69, 9.17) is 4.74 Å². The molecule has 0 aliphatic carbocycles. The van der Waals surface area contributed by atoms with Gasteiger partial charge in [-0.2, -0.15) is 0 Å². The number of piperazine rings is 1. The average Bonchev–Trinajstić information content (AvgIpc) is 2.54. The van der Waals surface area contributed by atoms with Gasteiger partial charge in [-0.3, -0.25) is 4.79 Å². The van der Waals surface area contributed by atoms with E-state index in [-0.39, 0.29) is 24.0 Å². The summed E-state index contributed by atoms with van der Waals surface area (Å²) in [7, 11) is 0. The standard InChI is InChI=1S/C11H18N2O3/c1-11(2,3)16-10(15)8-6-4-5-7(12-6)9(14)13-8/h6-8,12H,4-5H2,1-3H3,(H,13,14)/t6-,7+,8+/m0/s1. The maximum Gasteiger partial charge on any atom is 0.330 e. The van der Waals surface area contributed by atoms with Gasteiger partial charge in [-0.15, -0.1) is 0 Å². The largest absolute Gasteiger partial charge is 0.458 e. The molecule has 2 saturated heterocycles. The molecule has 90 valence electrons. The van der Waals surface area contributed by atoms with Crippen molar-refractivity contribution in [1.29, 1.82) is 0 Å². The highest BCUT2D eigenvalue weighted by Crippen LogP contribution is 2.22. The van der Waals surface area contributed by atoms with Gasteiger partial charge >= 0.3 is 5.97 Å². The number of fused-ring (bicyclic) bond motifs is 2. The summed E-state index contributed by atoms with van der Waals surface area (Å²) >= 11 is 0. The molecule has 0 unspecified atom stereocenters. The fraction of sp³-hybridized carbons (Fsp3) is 0.818. The summed E-state index contributed by atoms with van der Waals surface area (Å²) in [6.07, 6.45) is 1.64. The lowest BCUT2D eigenvalue weighted by atomic mass is 10.1. The third kappa shape index (κ3) is 2.19. The van der Waals surface area contributed by atoms with Crippen molar-refractivity contribution in [3.05, 3.63) is 0 Å². The first-order chi connectivity index (χ1) is 7.37. The Morgan fingerprint density at radius 3 is 2.69 bits per heavy atom. The summed E-state index contributed by atoms with van der Waals surface area (Å²) in [6.45, 7) is 5.46. The molecule has 2 aliphatic heterocycles. The van der Waals surface area contributed by atoms with Gasteiger partial charge in [0.2, 0.25) is 5.91 Å². The second kappa shape index (κ2) is 3.73. The minimum absolute atomic E-state index is 0.0255. The molecule has 2 fully saturated rings. The molecule has 2 heterocycles. The van der Waals surface area contributed by atoms with E-state index in [1.807, 2.05) is 20.8 Å². The lowest BCUT2D eigenvalue weighted by molar-refractivity contribution is -0.160. The van der Waals surface area contributed by atoms with Gasteiger partial charge < -0.3 is 15.4 Å². The second-order valence-electron chi connectivity index (χ2n) is 5.42. The highest BCUT2D eigenvalue weighted by molar-refractivity contribution is 5.90. The van der Waals surface area contributed by atoms with Crippen LogP contribution in [0.1, 0.15) is 33.6 Å². The molecule has 3 atom stereocenters. The molecular weight excluding hydrogens is 208 g/mol. The third-order valence-corrected chi connectivity index (χ3v) is 2.86. The van der Waals surface area contributed by atoms with Gasteiger partial charge in [-0.25, -0.2) is 4.79 Å². The summed E-state index contributed by atoms with van der Waals surface area (Å²) in [5, 5.41) is 5.87. The highest BCUT2D eigenvalue weighted by atomic mass is 16.6. The van der Waals surface area contributed by atoms with Crippen molar-refractivity contribution in [2.24, 2.45) is 0 Å². The normalized spacial score (nSPS) is 33.4. The minimum atomic E-state index is -0.537. The molecule has 0 radical (unpaired) electrons. The monoisotopic (exact) mass is 226 g/mol. The zero-order chi connectivity index (χ0) is 11.9. The number of ether oxygens (including phenoxy) is 1. The van der Waals surface area contributed by atoms with Crippen LogP contribution in [0.25, 0.3) is 0 Å². The minimum Gasteiger partial charge on any atom is -0.458 e. The van der Waals surface area contributed by atoms with E-state index in [0.29, 0.717) is 0 Å². The molecule has 0 saturated carbocycles. The van der Waals surface area contributed by atoms with Crippen LogP contribution in [0.2, 0.25) is 0 Å². The number of esters is 1. The quantitative estimate of drug-likeness (QED) is 0.615. The lowest BCUT2D eigenvalue weighted by Gasteiger charge is -2.31. The third-order valence-electron chi connectivity index (χ3n) is 2.86. The van der Waals surface area contributed by atoms with E-state index in [0.717, 1.165) is 12.8 Å². The predicted molar refractivity (Wildman–Crippen MR) is 57.7 cm³/mol. The summed E-state index contributed by atoms with van der Waals surface area (Å²) in [4.78, 5) is 23.4. The van der Waals surface area contributed by atoms with E-state index < -0.39 is 11.6 Å². The Balaban J connectivity index is 2.04. The maximum atomic E-state index is 11.9. The van der Waals surface area contributed by atoms with Crippen LogP contribution < -0.4 is 10.6 Å². The number of carbonyl (C=O) groups excluding carboxylic acids is 2. The van der Waals surface area contributed by atoms with Gasteiger partial charge in [0.15, 0.2) is 0 Å². The Labute approximate surface area is 94.9 Å². The van der Waals surface area contributed by atoms with Crippen molar-refractivity contribution in [1.82, 2.24) is 10.6 Å². The smallest absolute Gasteiger partial charge is 0.330 e. The molecule has 0 spiro atoms. The van der Waals surface area contributed by atoms with Gasteiger partial charge in [0, 0.05) is 6.04 Å². The van der Waals surface area contributed by atoms with Crippen LogP contribution in [0.5, 0.6) is 0 Å². The zero-order valence-corrected chi connectivity index (χ0v) is 9.87. The zero-order valence-electron chi connectivity index (χ0n) is 9.87. The first-order valence-electron chi connectivity index (χ1n) is 5.66. The van der Waals surface area contributed by atoms with Crippen molar-refractivity contribution in [2.75, 3.05) is 0 Å². The molecular formula is C11H18N2O3. The van der Waals surface area contributed by atoms with Crippen LogP contribution in [0.4, 0.5) is 0 Å². The fourth-order valence-corrected chi connectivity index (χ4v) is 2.18. The van der Waals surface area contributed by atoms with Crippen LogP contribution in [-0.4, -0.2) is 35.6 Å². The first kappa shape index (κ1) is 11.4. The van der Waals surface area contributed by atoms with Gasteiger partial charge in [-0.05, 0) is 33.6 Å². The molecule has 0 aromatic heterocycles. The summed E-state index contributed by atoms with van der Waals surface area (Å²) in [6, 6.07) is -0.633. The number of rotatable bonds is 1. The predicted octanol–water partition coefficient (Wildman–Crippen LogP) is -0.0529. The molecule has 2 bridgehead atoms. The molecule has 5 heteroatoms. The first-order valence-corrected chi connectivity index (χ1v) is 5.66. The average molecular weight is 226 g/mol. The van der Waals surface area contributed by atoms with E-state index in [1.54, 1.807) is 0 Å². The number of amides is 1. The van der Waals surface area contributed by atoms with Gasteiger partial charge in [0.1, 0.15) is 11.6 Å². The van der Waals surface area contributed by atoms with Crippen LogP contribution in [-0.2, 0) is 14.3 Å². The fourth-order valence-electron chi connectivity index (χ4n) is 2.18. The molecule has 2 aliphatic rings. The SMILES string of the molecule is CC(C)(C)OC(=O)[C@@H]1NC(=O)[C@H]2CC[C@@H]1N2. The summed E-state index contributed by atoms with van der Waals surface area (Å²) in [5.74, 6) is -0.441. The molecule has 16 heavy (non-hydrogen) atoms. The molecule has 1 amide bonds. The van der Waals surface area contributed by atoms with Crippen molar-refractivity contribution < 1.29 is 14.3 Å². The van der Waals surface area contributed by atoms with Gasteiger partial charge in [0.05, 0.1) is 6.04 Å². The molecule has 2 rings (SSSR count). The van der Waals surface area contributed by atoms with Gasteiger partial charge in [-0.1, -0.05) is 0 Å². The number of hydrogen-bond donors (Lipinski definition) is 2. The molecule has 5 nitrogen and oxygen atoms in total. The van der Waals surface area contributed by atoms with E-state index in [9.17, 15) is 9.59 Å². The molecule has 0 aromatic carbocycles. The summed E-state index contributed by atoms with van der Waals surface area (Å²) in [5.41, 5.74) is -0.517. The maximum absolute atomic E-state index is 11.9. The van der Waals surface area contributed by atoms with Crippen molar-refractivity contribution >= 4 is 11.9 Å². The van der Waals surface area contributed by atoms with Gasteiger partial charge in [0.25, 0.3) is 0 Å². The Kier molecular flexibility index (Phi) is 2.66. The Morgan fingerprint density at radius 1 is 1.38 bits per heavy atom. The van der Waals surface area contributed by atoms with Crippen LogP contribution in [0.15, 0.2) is 0 Å². The van der Waals surface area contributed by atoms with Crippen molar-refractivity contribution in [2.45, 2.75) is 57.3 Å². The van der Waals surface area contributed by atoms with E-state index in [2.05, 4.69) is 10.6 Å². The van der Waals surface area contributed by atoms with Crippen molar-refractivity contribution in [3.63, 3.8) is 0 Å². The summed E-state index contributed by atoms with van der Waals surface area (Å²) < 4.78 is 5.28. The lowest BCUT2D eigenvalue weighted by Crippen LogP contribution is -2.62. The topological polar surface area (TPSA) is 67.4 Å². The second-order valence-corrected chi connectivity index (χ2v) is 5.42. The Hall–Kier alpha value is -1.10. The van der Waals surface area contributed by atoms with Crippen LogP contribution in [0, 0.1) is 0 Å². The van der Waals surface area contributed by atoms with E-state index in [1.165, 1.54) is 0 Å². The van der Waals surface area contributed by atoms with Crippen molar-refractivity contribution in [3.8, 4) is 0 Å². The Morgan fingerprint density at radius 2 is 2.06 bits per heavy atom. The number of hydrogen-bond acceptors (Lipinski definition) is 4. The van der Waals surface area contributed by atoms with E-state index >= 15 is 0 Å². The Bertz CT molecular complexity index is 322. The number of carbonyl (C=O) groups is 2. The number of nitrogens with one attached hydrogen (secondary N) is 2. The highest BCUT2D eigenvalue weighted by Gasteiger charge is 2.44. The van der Waals surface area contributed by atoms with Crippen LogP contribution >= 0.6 is 0 Å². The van der Waals surface area contributed by atoms with Crippen LogP contribution in [0.3, 0.4) is 0 Å². The molecule has 0 aromatic rings. The molecule has 2 N–H and O–H groups in total.